The standard InChI is InChI=1S/C26H24N2O/c1-2-23(20-11-5-3-6-12-20)28-24-16-10-9-15-22(24)19-25(29-18-17-27)26(28)21-13-7-4-8-14-21/h3-16,19,23,26H,2,18H2,1H3/t23?,26-/m0/s1. The summed E-state index contributed by atoms with van der Waals surface area (Å²) in [5, 5.41) is 9.13. The number of hydrogen-bond donors (Lipinski definition) is 0. The molecule has 3 nitrogen and oxygen atoms in total. The molecule has 0 saturated carbocycles. The average molecular weight is 380 g/mol. The molecule has 3 aromatic carbocycles. The highest BCUT2D eigenvalue weighted by molar-refractivity contribution is 5.75. The number of nitriles is 1. The summed E-state index contributed by atoms with van der Waals surface area (Å²) in [6.07, 6.45) is 3.03. The summed E-state index contributed by atoms with van der Waals surface area (Å²) in [4.78, 5) is 2.45. The first-order valence-corrected chi connectivity index (χ1v) is 10.0. The van der Waals surface area contributed by atoms with E-state index in [0.717, 1.165) is 23.3 Å². The zero-order valence-corrected chi connectivity index (χ0v) is 16.5. The first-order chi connectivity index (χ1) is 14.3. The molecule has 0 fully saturated rings. The third kappa shape index (κ3) is 3.75. The van der Waals surface area contributed by atoms with Crippen LogP contribution in [0.1, 0.15) is 42.1 Å². The first-order valence-electron chi connectivity index (χ1n) is 10.0. The van der Waals surface area contributed by atoms with Crippen molar-refractivity contribution >= 4 is 11.8 Å². The van der Waals surface area contributed by atoms with Gasteiger partial charge in [0.1, 0.15) is 17.9 Å². The lowest BCUT2D eigenvalue weighted by Gasteiger charge is -2.44. The Morgan fingerprint density at radius 3 is 2.28 bits per heavy atom. The predicted molar refractivity (Wildman–Crippen MR) is 117 cm³/mol. The molecule has 1 heterocycles. The molecule has 0 radical (unpaired) electrons. The van der Waals surface area contributed by atoms with Crippen molar-refractivity contribution in [1.82, 2.24) is 0 Å². The van der Waals surface area contributed by atoms with Crippen LogP contribution in [0, 0.1) is 11.3 Å². The number of rotatable bonds is 6. The second-order valence-corrected chi connectivity index (χ2v) is 7.11. The molecule has 4 rings (SSSR count). The van der Waals surface area contributed by atoms with Gasteiger partial charge in [0.2, 0.25) is 0 Å². The van der Waals surface area contributed by atoms with Gasteiger partial charge in [-0.1, -0.05) is 85.8 Å². The fraction of sp³-hybridized carbons (Fsp3) is 0.192. The largest absolute Gasteiger partial charge is 0.480 e. The maximum absolute atomic E-state index is 9.13. The first kappa shape index (κ1) is 18.8. The highest BCUT2D eigenvalue weighted by Crippen LogP contribution is 2.46. The maximum Gasteiger partial charge on any atom is 0.174 e. The number of anilines is 1. The monoisotopic (exact) mass is 380 g/mol. The molecular formula is C26H24N2O. The van der Waals surface area contributed by atoms with E-state index < -0.39 is 0 Å². The Hall–Kier alpha value is -3.51. The zero-order chi connectivity index (χ0) is 20.1. The lowest BCUT2D eigenvalue weighted by Crippen LogP contribution is -2.36. The minimum Gasteiger partial charge on any atom is -0.480 e. The van der Waals surface area contributed by atoms with Gasteiger partial charge in [-0.2, -0.15) is 5.26 Å². The third-order valence-electron chi connectivity index (χ3n) is 5.39. The van der Waals surface area contributed by atoms with E-state index in [1.165, 1.54) is 11.3 Å². The third-order valence-corrected chi connectivity index (χ3v) is 5.39. The van der Waals surface area contributed by atoms with Crippen LogP contribution in [0.4, 0.5) is 5.69 Å². The molecule has 144 valence electrons. The molecule has 1 aliphatic rings. The molecule has 0 spiro atoms. The van der Waals surface area contributed by atoms with Crippen molar-refractivity contribution in [1.29, 1.82) is 5.26 Å². The topological polar surface area (TPSA) is 36.3 Å². The predicted octanol–water partition coefficient (Wildman–Crippen LogP) is 6.28. The molecule has 1 aliphatic heterocycles. The fourth-order valence-corrected chi connectivity index (χ4v) is 4.17. The number of para-hydroxylation sites is 1. The number of nitrogens with zero attached hydrogens (tertiary/aromatic N) is 2. The number of benzene rings is 3. The molecule has 29 heavy (non-hydrogen) atoms. The quantitative estimate of drug-likeness (QED) is 0.505. The number of hydrogen-bond acceptors (Lipinski definition) is 3. The van der Waals surface area contributed by atoms with Crippen molar-refractivity contribution in [2.24, 2.45) is 0 Å². The van der Waals surface area contributed by atoms with Gasteiger partial charge in [0.15, 0.2) is 6.61 Å². The van der Waals surface area contributed by atoms with Gasteiger partial charge in [-0.3, -0.25) is 0 Å². The molecule has 2 atom stereocenters. The molecule has 0 aromatic heterocycles. The van der Waals surface area contributed by atoms with Gasteiger partial charge in [-0.15, -0.1) is 0 Å². The van der Waals surface area contributed by atoms with Crippen LogP contribution in [-0.4, -0.2) is 6.61 Å². The highest BCUT2D eigenvalue weighted by atomic mass is 16.5. The molecule has 3 aromatic rings. The molecule has 0 saturated heterocycles. The second kappa shape index (κ2) is 8.67. The van der Waals surface area contributed by atoms with Crippen LogP contribution in [0.25, 0.3) is 6.08 Å². The van der Waals surface area contributed by atoms with E-state index in [4.69, 9.17) is 10.00 Å². The van der Waals surface area contributed by atoms with Gasteiger partial charge in [-0.25, -0.2) is 0 Å². The van der Waals surface area contributed by atoms with E-state index in [0.29, 0.717) is 0 Å². The Bertz CT molecular complexity index is 1020. The lowest BCUT2D eigenvalue weighted by atomic mass is 9.90. The molecule has 0 bridgehead atoms. The summed E-state index contributed by atoms with van der Waals surface area (Å²) in [5.41, 5.74) is 4.72. The van der Waals surface area contributed by atoms with Gasteiger partial charge >= 0.3 is 0 Å². The average Bonchev–Trinajstić information content (AvgIpc) is 2.79. The summed E-state index contributed by atoms with van der Waals surface area (Å²) in [6.45, 7) is 2.25. The van der Waals surface area contributed by atoms with Crippen LogP contribution in [0.15, 0.2) is 90.7 Å². The van der Waals surface area contributed by atoms with Crippen LogP contribution in [0.5, 0.6) is 0 Å². The van der Waals surface area contributed by atoms with E-state index >= 15 is 0 Å². The van der Waals surface area contributed by atoms with Gasteiger partial charge < -0.3 is 9.64 Å². The molecule has 0 N–H and O–H groups in total. The van der Waals surface area contributed by atoms with Gasteiger partial charge in [0.25, 0.3) is 0 Å². The summed E-state index contributed by atoms with van der Waals surface area (Å²) >= 11 is 0. The van der Waals surface area contributed by atoms with Crippen LogP contribution < -0.4 is 4.90 Å². The summed E-state index contributed by atoms with van der Waals surface area (Å²) in [5.74, 6) is 0.811. The molecule has 0 aliphatic carbocycles. The van der Waals surface area contributed by atoms with Gasteiger partial charge in [0, 0.05) is 11.3 Å². The van der Waals surface area contributed by atoms with Crippen LogP contribution in [0.3, 0.4) is 0 Å². The summed E-state index contributed by atoms with van der Waals surface area (Å²) in [6, 6.07) is 31.6. The van der Waals surface area contributed by atoms with Crippen molar-refractivity contribution in [2.75, 3.05) is 11.5 Å². The van der Waals surface area contributed by atoms with E-state index in [9.17, 15) is 0 Å². The zero-order valence-electron chi connectivity index (χ0n) is 16.5. The molecular weight excluding hydrogens is 356 g/mol. The Labute approximate surface area is 172 Å². The minimum atomic E-state index is -0.0930. The minimum absolute atomic E-state index is 0.0350. The van der Waals surface area contributed by atoms with E-state index in [-0.39, 0.29) is 18.7 Å². The second-order valence-electron chi connectivity index (χ2n) is 7.11. The Kier molecular flexibility index (Phi) is 5.63. The Balaban J connectivity index is 1.91. The van der Waals surface area contributed by atoms with Crippen LogP contribution in [0.2, 0.25) is 0 Å². The molecule has 3 heteroatoms. The van der Waals surface area contributed by atoms with Crippen LogP contribution in [-0.2, 0) is 4.74 Å². The number of fused-ring (bicyclic) bond motifs is 1. The SMILES string of the molecule is CCC(c1ccccc1)N1c2ccccc2C=C(OCC#N)[C@@H]1c1ccccc1. The van der Waals surface area contributed by atoms with Crippen molar-refractivity contribution in [3.05, 3.63) is 107 Å². The summed E-state index contributed by atoms with van der Waals surface area (Å²) in [7, 11) is 0. The molecule has 1 unspecified atom stereocenters. The smallest absolute Gasteiger partial charge is 0.174 e. The Morgan fingerprint density at radius 1 is 0.931 bits per heavy atom. The van der Waals surface area contributed by atoms with Crippen molar-refractivity contribution in [3.63, 3.8) is 0 Å². The van der Waals surface area contributed by atoms with Gasteiger partial charge in [0.05, 0.1) is 6.04 Å². The van der Waals surface area contributed by atoms with Crippen molar-refractivity contribution in [2.45, 2.75) is 25.4 Å². The maximum atomic E-state index is 9.13. The van der Waals surface area contributed by atoms with E-state index in [2.05, 4.69) is 96.8 Å². The van der Waals surface area contributed by atoms with Gasteiger partial charge in [-0.05, 0) is 29.7 Å². The number of ether oxygens (including phenoxy) is 1. The fourth-order valence-electron chi connectivity index (χ4n) is 4.17. The highest BCUT2D eigenvalue weighted by Gasteiger charge is 2.35. The van der Waals surface area contributed by atoms with Crippen molar-refractivity contribution in [3.8, 4) is 6.07 Å². The molecule has 0 amide bonds. The lowest BCUT2D eigenvalue weighted by molar-refractivity contribution is 0.225. The normalized spacial score (nSPS) is 16.3. The Morgan fingerprint density at radius 2 is 1.59 bits per heavy atom. The van der Waals surface area contributed by atoms with E-state index in [1.54, 1.807) is 0 Å². The van der Waals surface area contributed by atoms with Crippen molar-refractivity contribution < 1.29 is 4.74 Å². The summed E-state index contributed by atoms with van der Waals surface area (Å²) < 4.78 is 5.98. The van der Waals surface area contributed by atoms with E-state index in [1.807, 2.05) is 12.1 Å². The van der Waals surface area contributed by atoms with Crippen LogP contribution >= 0.6 is 0 Å².